The molecule has 8 nitrogen and oxygen atoms in total. The Kier molecular flexibility index (Phi) is 4.64. The van der Waals surface area contributed by atoms with Crippen molar-refractivity contribution in [3.8, 4) is 5.75 Å². The molecule has 2 aromatic rings. The molecule has 160 valence electrons. The van der Waals surface area contributed by atoms with Crippen molar-refractivity contribution in [1.82, 2.24) is 9.47 Å². The fourth-order valence-corrected chi connectivity index (χ4v) is 5.06. The monoisotopic (exact) mass is 437 g/mol. The molecule has 3 heterocycles. The highest BCUT2D eigenvalue weighted by Crippen LogP contribution is 2.44. The molecule has 2 aliphatic heterocycles. The number of carboxylic acid groups (broad SMARTS) is 1. The number of benzene rings is 1. The molecule has 1 saturated carbocycles. The summed E-state index contributed by atoms with van der Waals surface area (Å²) in [6, 6.07) is 1.46. The van der Waals surface area contributed by atoms with Gasteiger partial charge in [0.05, 0.1) is 41.1 Å². The number of ether oxygens (including phenoxy) is 2. The summed E-state index contributed by atoms with van der Waals surface area (Å²) in [7, 11) is 1.98. The van der Waals surface area contributed by atoms with E-state index in [1.54, 1.807) is 4.57 Å². The van der Waals surface area contributed by atoms with Crippen LogP contribution in [0.5, 0.6) is 5.75 Å². The van der Waals surface area contributed by atoms with E-state index in [9.17, 15) is 9.59 Å². The lowest BCUT2D eigenvalue weighted by Crippen LogP contribution is -2.45. The highest BCUT2D eigenvalue weighted by Gasteiger charge is 2.40. The van der Waals surface area contributed by atoms with Gasteiger partial charge in [-0.25, -0.2) is 9.18 Å². The van der Waals surface area contributed by atoms with E-state index in [2.05, 4.69) is 9.64 Å². The number of pyridine rings is 1. The summed E-state index contributed by atoms with van der Waals surface area (Å²) in [4.78, 5) is 27.8. The summed E-state index contributed by atoms with van der Waals surface area (Å²) in [6.45, 7) is 2.36. The molecule has 2 atom stereocenters. The normalized spacial score (nSPS) is 24.3. The van der Waals surface area contributed by atoms with Gasteiger partial charge >= 0.3 is 6.16 Å². The van der Waals surface area contributed by atoms with Crippen molar-refractivity contribution in [2.24, 2.45) is 5.92 Å². The van der Waals surface area contributed by atoms with Crippen LogP contribution in [0.15, 0.2) is 17.1 Å². The predicted molar refractivity (Wildman–Crippen MR) is 108 cm³/mol. The number of hydrogen-bond donors (Lipinski definition) is 1. The first kappa shape index (κ1) is 19.6. The van der Waals surface area contributed by atoms with Crippen molar-refractivity contribution in [1.29, 1.82) is 0 Å². The highest BCUT2D eigenvalue weighted by atomic mass is 35.5. The smallest absolute Gasteiger partial charge is 0.449 e. The minimum Gasteiger partial charge on any atom is -0.449 e. The largest absolute Gasteiger partial charge is 0.511 e. The van der Waals surface area contributed by atoms with Gasteiger partial charge < -0.3 is 24.0 Å². The zero-order valence-electron chi connectivity index (χ0n) is 16.3. The van der Waals surface area contributed by atoms with Gasteiger partial charge in [0.25, 0.3) is 0 Å². The molecule has 10 heteroatoms. The second kappa shape index (κ2) is 7.11. The lowest BCUT2D eigenvalue weighted by Gasteiger charge is -2.33. The number of nitrogens with zero attached hydrogens (tertiary/aromatic N) is 3. The Bertz CT molecular complexity index is 1100. The van der Waals surface area contributed by atoms with Crippen molar-refractivity contribution in [3.63, 3.8) is 0 Å². The molecule has 1 N–H and O–H groups in total. The van der Waals surface area contributed by atoms with Crippen molar-refractivity contribution in [2.75, 3.05) is 38.4 Å². The summed E-state index contributed by atoms with van der Waals surface area (Å²) in [5.74, 6) is -0.718. The minimum atomic E-state index is -1.59. The maximum absolute atomic E-state index is 15.3. The third kappa shape index (κ3) is 3.12. The lowest BCUT2D eigenvalue weighted by molar-refractivity contribution is -0.0532. The van der Waals surface area contributed by atoms with Crippen LogP contribution in [-0.2, 0) is 4.74 Å². The Hall–Kier alpha value is -2.36. The molecule has 1 aliphatic carbocycles. The van der Waals surface area contributed by atoms with Gasteiger partial charge in [-0.3, -0.25) is 9.69 Å². The third-order valence-electron chi connectivity index (χ3n) is 6.20. The third-order valence-corrected chi connectivity index (χ3v) is 6.56. The second-order valence-electron chi connectivity index (χ2n) is 8.24. The van der Waals surface area contributed by atoms with Crippen LogP contribution in [0.4, 0.5) is 14.9 Å². The standard InChI is InChI=1S/C20H21ClFN3O5/c1-23-9-29-8-10-5-24(6-14(10)23)18-13(22)4-12-17(16(18)21)25(11-2-3-11)7-15(19(12)26)30-20(27)28/h4,7,10-11,14H,2-3,5-6,8-9H2,1H3,(H,27,28). The fourth-order valence-electron chi connectivity index (χ4n) is 4.65. The quantitative estimate of drug-likeness (QED) is 0.739. The van der Waals surface area contributed by atoms with E-state index in [0.29, 0.717) is 31.9 Å². The number of hydrogen-bond acceptors (Lipinski definition) is 6. The van der Waals surface area contributed by atoms with Crippen LogP contribution in [0.1, 0.15) is 18.9 Å². The molecular weight excluding hydrogens is 417 g/mol. The molecule has 2 saturated heterocycles. The number of fused-ring (bicyclic) bond motifs is 2. The SMILES string of the molecule is CN1COCC2CN(c3c(F)cc4c(=O)c(OC(=O)O)cn(C5CC5)c4c3Cl)CC21. The first-order valence-electron chi connectivity index (χ1n) is 9.85. The average molecular weight is 438 g/mol. The molecule has 0 amide bonds. The average Bonchev–Trinajstić information content (AvgIpc) is 3.43. The van der Waals surface area contributed by atoms with E-state index < -0.39 is 17.4 Å². The van der Waals surface area contributed by atoms with Crippen molar-refractivity contribution in [2.45, 2.75) is 24.9 Å². The summed E-state index contributed by atoms with van der Waals surface area (Å²) in [5.41, 5.74) is -0.00896. The molecule has 3 aliphatic rings. The van der Waals surface area contributed by atoms with E-state index in [0.717, 1.165) is 18.9 Å². The number of aromatic nitrogens is 1. The Labute approximate surface area is 176 Å². The van der Waals surface area contributed by atoms with Crippen molar-refractivity contribution >= 4 is 34.3 Å². The van der Waals surface area contributed by atoms with Crippen LogP contribution < -0.4 is 15.1 Å². The van der Waals surface area contributed by atoms with Crippen LogP contribution in [0, 0.1) is 11.7 Å². The van der Waals surface area contributed by atoms with Gasteiger partial charge in [-0.05, 0) is 26.0 Å². The van der Waals surface area contributed by atoms with Gasteiger partial charge in [-0.2, -0.15) is 0 Å². The molecule has 2 unspecified atom stereocenters. The van der Waals surface area contributed by atoms with E-state index in [-0.39, 0.29) is 39.8 Å². The Morgan fingerprint density at radius 1 is 1.37 bits per heavy atom. The highest BCUT2D eigenvalue weighted by molar-refractivity contribution is 6.38. The molecule has 0 spiro atoms. The van der Waals surface area contributed by atoms with Crippen LogP contribution in [0.3, 0.4) is 0 Å². The maximum Gasteiger partial charge on any atom is 0.511 e. The van der Waals surface area contributed by atoms with Gasteiger partial charge in [0.2, 0.25) is 5.43 Å². The van der Waals surface area contributed by atoms with Crippen LogP contribution in [0.2, 0.25) is 5.02 Å². The topological polar surface area (TPSA) is 84.2 Å². The van der Waals surface area contributed by atoms with E-state index >= 15 is 4.39 Å². The zero-order valence-corrected chi connectivity index (χ0v) is 17.1. The zero-order chi connectivity index (χ0) is 21.2. The molecular formula is C20H21ClFN3O5. The summed E-state index contributed by atoms with van der Waals surface area (Å²) in [5, 5.41) is 9.12. The first-order valence-corrected chi connectivity index (χ1v) is 10.2. The summed E-state index contributed by atoms with van der Waals surface area (Å²) >= 11 is 6.72. The van der Waals surface area contributed by atoms with Crippen LogP contribution in [-0.4, -0.2) is 60.2 Å². The van der Waals surface area contributed by atoms with E-state index in [1.165, 1.54) is 6.20 Å². The van der Waals surface area contributed by atoms with Crippen molar-refractivity contribution < 1.29 is 23.8 Å². The maximum atomic E-state index is 15.3. The number of anilines is 1. The number of carbonyl (C=O) groups is 1. The minimum absolute atomic E-state index is 0.0176. The molecule has 0 radical (unpaired) electrons. The number of halogens is 2. The Morgan fingerprint density at radius 3 is 2.80 bits per heavy atom. The fraction of sp³-hybridized carbons (Fsp3) is 0.500. The molecule has 3 fully saturated rings. The molecule has 0 bridgehead atoms. The van der Waals surface area contributed by atoms with Crippen LogP contribution in [0.25, 0.3) is 10.9 Å². The predicted octanol–water partition coefficient (Wildman–Crippen LogP) is 2.91. The Balaban J connectivity index is 1.65. The van der Waals surface area contributed by atoms with Crippen LogP contribution >= 0.6 is 11.6 Å². The van der Waals surface area contributed by atoms with Gasteiger partial charge in [-0.1, -0.05) is 11.6 Å². The van der Waals surface area contributed by atoms with Gasteiger partial charge in [0, 0.05) is 31.1 Å². The van der Waals surface area contributed by atoms with E-state index in [4.69, 9.17) is 21.4 Å². The summed E-state index contributed by atoms with van der Waals surface area (Å²) in [6.07, 6.45) is 1.51. The van der Waals surface area contributed by atoms with Crippen molar-refractivity contribution in [3.05, 3.63) is 33.3 Å². The number of rotatable bonds is 3. The summed E-state index contributed by atoms with van der Waals surface area (Å²) < 4.78 is 27.2. The first-order chi connectivity index (χ1) is 14.3. The van der Waals surface area contributed by atoms with Gasteiger partial charge in [-0.15, -0.1) is 0 Å². The lowest BCUT2D eigenvalue weighted by atomic mass is 10.0. The molecule has 30 heavy (non-hydrogen) atoms. The van der Waals surface area contributed by atoms with Gasteiger partial charge in [0.1, 0.15) is 5.82 Å². The number of likely N-dealkylation sites (N-methyl/N-ethyl adjacent to an activating group) is 1. The Morgan fingerprint density at radius 2 is 2.13 bits per heavy atom. The molecule has 5 rings (SSSR count). The second-order valence-corrected chi connectivity index (χ2v) is 8.61. The van der Waals surface area contributed by atoms with Gasteiger partial charge in [0.15, 0.2) is 5.75 Å². The molecule has 1 aromatic heterocycles. The molecule has 1 aromatic carbocycles. The van der Waals surface area contributed by atoms with E-state index in [1.807, 2.05) is 11.9 Å².